The van der Waals surface area contributed by atoms with Crippen LogP contribution in [0.25, 0.3) is 6.08 Å². The molecule has 0 bridgehead atoms. The van der Waals surface area contributed by atoms with E-state index in [4.69, 9.17) is 0 Å². The van der Waals surface area contributed by atoms with Gasteiger partial charge in [-0.15, -0.1) is 0 Å². The molecule has 0 spiro atoms. The summed E-state index contributed by atoms with van der Waals surface area (Å²) in [6.45, 7) is 0.818. The first kappa shape index (κ1) is 16.7. The highest BCUT2D eigenvalue weighted by atomic mass is 32.2. The second-order valence-corrected chi connectivity index (χ2v) is 7.38. The third kappa shape index (κ3) is 4.68. The minimum absolute atomic E-state index is 0.220. The smallest absolute Gasteiger partial charge is 0.238 e. The van der Waals surface area contributed by atoms with Crippen LogP contribution in [0.1, 0.15) is 24.8 Å². The lowest BCUT2D eigenvalue weighted by molar-refractivity contribution is -0.125. The molecule has 1 aliphatic rings. The molecule has 5 nitrogen and oxygen atoms in total. The van der Waals surface area contributed by atoms with Gasteiger partial charge in [0, 0.05) is 13.1 Å². The number of benzene rings is 1. The SMILES string of the molecule is CS(=O)(=O)N1CCCC[C@@H]1C(=O)NC/C=C\c1ccccc1. The van der Waals surface area contributed by atoms with E-state index in [1.165, 1.54) is 4.31 Å². The van der Waals surface area contributed by atoms with Crippen molar-refractivity contribution in [2.75, 3.05) is 19.3 Å². The first-order valence-corrected chi connectivity index (χ1v) is 9.29. The van der Waals surface area contributed by atoms with Crippen molar-refractivity contribution in [3.8, 4) is 0 Å². The predicted octanol–water partition coefficient (Wildman–Crippen LogP) is 1.63. The highest BCUT2D eigenvalue weighted by Crippen LogP contribution is 2.19. The van der Waals surface area contributed by atoms with Gasteiger partial charge in [0.1, 0.15) is 6.04 Å². The zero-order valence-electron chi connectivity index (χ0n) is 12.7. The normalized spacial score (nSPS) is 20.1. The van der Waals surface area contributed by atoms with Crippen LogP contribution < -0.4 is 5.32 Å². The van der Waals surface area contributed by atoms with Gasteiger partial charge in [-0.05, 0) is 18.4 Å². The lowest BCUT2D eigenvalue weighted by atomic mass is 10.0. The van der Waals surface area contributed by atoms with E-state index in [1.807, 2.05) is 42.5 Å². The molecule has 1 atom stereocenters. The van der Waals surface area contributed by atoms with E-state index in [2.05, 4.69) is 5.32 Å². The molecule has 0 radical (unpaired) electrons. The zero-order valence-corrected chi connectivity index (χ0v) is 13.6. The van der Waals surface area contributed by atoms with Crippen LogP contribution in [0.3, 0.4) is 0 Å². The molecule has 0 saturated carbocycles. The van der Waals surface area contributed by atoms with Crippen LogP contribution in [0.4, 0.5) is 0 Å². The second kappa shape index (κ2) is 7.56. The predicted molar refractivity (Wildman–Crippen MR) is 87.7 cm³/mol. The molecular weight excluding hydrogens is 300 g/mol. The van der Waals surface area contributed by atoms with E-state index in [9.17, 15) is 13.2 Å². The van der Waals surface area contributed by atoms with Crippen molar-refractivity contribution in [1.29, 1.82) is 0 Å². The fraction of sp³-hybridized carbons (Fsp3) is 0.438. The lowest BCUT2D eigenvalue weighted by Gasteiger charge is -2.32. The van der Waals surface area contributed by atoms with Gasteiger partial charge < -0.3 is 5.32 Å². The summed E-state index contributed by atoms with van der Waals surface area (Å²) in [7, 11) is -3.34. The highest BCUT2D eigenvalue weighted by molar-refractivity contribution is 7.88. The molecular formula is C16H22N2O3S. The van der Waals surface area contributed by atoms with E-state index in [0.717, 1.165) is 24.7 Å². The van der Waals surface area contributed by atoms with Crippen LogP contribution in [-0.4, -0.2) is 44.0 Å². The molecule has 1 heterocycles. The largest absolute Gasteiger partial charge is 0.351 e. The quantitative estimate of drug-likeness (QED) is 0.896. The van der Waals surface area contributed by atoms with E-state index in [1.54, 1.807) is 0 Å². The van der Waals surface area contributed by atoms with Gasteiger partial charge >= 0.3 is 0 Å². The molecule has 0 unspecified atom stereocenters. The minimum atomic E-state index is -3.34. The number of amides is 1. The Morgan fingerprint density at radius 3 is 2.73 bits per heavy atom. The summed E-state index contributed by atoms with van der Waals surface area (Å²) in [5.74, 6) is -0.220. The van der Waals surface area contributed by atoms with Gasteiger partial charge in [0.15, 0.2) is 0 Å². The number of rotatable bonds is 5. The maximum atomic E-state index is 12.2. The molecule has 0 aromatic heterocycles. The van der Waals surface area contributed by atoms with Crippen molar-refractivity contribution in [3.63, 3.8) is 0 Å². The monoisotopic (exact) mass is 322 g/mol. The van der Waals surface area contributed by atoms with Crippen molar-refractivity contribution in [3.05, 3.63) is 42.0 Å². The van der Waals surface area contributed by atoms with E-state index >= 15 is 0 Å². The number of carbonyl (C=O) groups is 1. The topological polar surface area (TPSA) is 66.5 Å². The standard InChI is InChI=1S/C16H22N2O3S/c1-22(20,21)18-13-6-5-11-15(18)16(19)17-12-7-10-14-8-3-2-4-9-14/h2-4,7-10,15H,5-6,11-13H2,1H3,(H,17,19)/b10-7-/t15-/m1/s1. The average molecular weight is 322 g/mol. The van der Waals surface area contributed by atoms with Crippen LogP contribution in [-0.2, 0) is 14.8 Å². The van der Waals surface area contributed by atoms with Crippen LogP contribution in [0.2, 0.25) is 0 Å². The molecule has 1 amide bonds. The molecule has 1 aliphatic heterocycles. The first-order valence-electron chi connectivity index (χ1n) is 7.44. The van der Waals surface area contributed by atoms with Crippen molar-refractivity contribution >= 4 is 22.0 Å². The number of piperidine rings is 1. The lowest BCUT2D eigenvalue weighted by Crippen LogP contribution is -2.51. The molecule has 22 heavy (non-hydrogen) atoms. The Hall–Kier alpha value is -1.66. The number of hydrogen-bond acceptors (Lipinski definition) is 3. The maximum Gasteiger partial charge on any atom is 0.238 e. The van der Waals surface area contributed by atoms with E-state index in [-0.39, 0.29) is 5.91 Å². The Morgan fingerprint density at radius 2 is 2.05 bits per heavy atom. The van der Waals surface area contributed by atoms with Crippen LogP contribution >= 0.6 is 0 Å². The molecule has 1 fully saturated rings. The van der Waals surface area contributed by atoms with Gasteiger partial charge in [0.25, 0.3) is 0 Å². The third-order valence-corrected chi connectivity index (χ3v) is 4.98. The molecule has 1 aromatic rings. The Kier molecular flexibility index (Phi) is 5.74. The van der Waals surface area contributed by atoms with Gasteiger partial charge in [-0.3, -0.25) is 4.79 Å². The summed E-state index contributed by atoms with van der Waals surface area (Å²) in [6, 6.07) is 9.22. The fourth-order valence-electron chi connectivity index (χ4n) is 2.60. The molecule has 1 N–H and O–H groups in total. The summed E-state index contributed by atoms with van der Waals surface area (Å²) in [4.78, 5) is 12.2. The van der Waals surface area contributed by atoms with Gasteiger partial charge in [-0.25, -0.2) is 8.42 Å². The molecule has 1 saturated heterocycles. The average Bonchev–Trinajstić information content (AvgIpc) is 2.51. The van der Waals surface area contributed by atoms with Gasteiger partial charge in [0.2, 0.25) is 15.9 Å². The Morgan fingerprint density at radius 1 is 1.32 bits per heavy atom. The summed E-state index contributed by atoms with van der Waals surface area (Å²) in [5.41, 5.74) is 1.06. The summed E-state index contributed by atoms with van der Waals surface area (Å²) in [5, 5.41) is 2.79. The maximum absolute atomic E-state index is 12.2. The number of nitrogens with zero attached hydrogens (tertiary/aromatic N) is 1. The summed E-state index contributed by atoms with van der Waals surface area (Å²) >= 11 is 0. The van der Waals surface area contributed by atoms with Gasteiger partial charge in [-0.2, -0.15) is 4.31 Å². The molecule has 1 aromatic carbocycles. The summed E-state index contributed by atoms with van der Waals surface area (Å²) < 4.78 is 24.8. The van der Waals surface area contributed by atoms with Crippen molar-refractivity contribution < 1.29 is 13.2 Å². The van der Waals surface area contributed by atoms with Crippen LogP contribution in [0.15, 0.2) is 36.4 Å². The minimum Gasteiger partial charge on any atom is -0.351 e. The molecule has 120 valence electrons. The van der Waals surface area contributed by atoms with Crippen molar-refractivity contribution in [1.82, 2.24) is 9.62 Å². The molecule has 2 rings (SSSR count). The molecule has 0 aliphatic carbocycles. The van der Waals surface area contributed by atoms with E-state index < -0.39 is 16.1 Å². The van der Waals surface area contributed by atoms with Gasteiger partial charge in [0.05, 0.1) is 6.26 Å². The number of sulfonamides is 1. The van der Waals surface area contributed by atoms with Gasteiger partial charge in [-0.1, -0.05) is 48.9 Å². The summed E-state index contributed by atoms with van der Waals surface area (Å²) in [6.07, 6.45) is 7.22. The van der Waals surface area contributed by atoms with Crippen molar-refractivity contribution in [2.24, 2.45) is 0 Å². The Labute approximate surface area is 132 Å². The van der Waals surface area contributed by atoms with Crippen LogP contribution in [0.5, 0.6) is 0 Å². The number of carbonyl (C=O) groups excluding carboxylic acids is 1. The molecule has 6 heteroatoms. The first-order chi connectivity index (χ1) is 10.5. The Balaban J connectivity index is 1.89. The zero-order chi connectivity index (χ0) is 16.0. The van der Waals surface area contributed by atoms with Crippen LogP contribution in [0, 0.1) is 0 Å². The number of hydrogen-bond donors (Lipinski definition) is 1. The van der Waals surface area contributed by atoms with Crippen molar-refractivity contribution in [2.45, 2.75) is 25.3 Å². The second-order valence-electron chi connectivity index (χ2n) is 5.44. The highest BCUT2D eigenvalue weighted by Gasteiger charge is 2.33. The Bertz CT molecular complexity index is 626. The third-order valence-electron chi connectivity index (χ3n) is 3.69. The fourth-order valence-corrected chi connectivity index (χ4v) is 3.72. The number of nitrogens with one attached hydrogen (secondary N) is 1. The van der Waals surface area contributed by atoms with E-state index in [0.29, 0.717) is 19.5 Å².